The van der Waals surface area contributed by atoms with E-state index in [4.69, 9.17) is 0 Å². The Hall–Kier alpha value is -0.730. The van der Waals surface area contributed by atoms with E-state index in [9.17, 15) is 4.79 Å². The molecule has 3 heteroatoms. The highest BCUT2D eigenvalue weighted by molar-refractivity contribution is 5.67. The molecule has 0 radical (unpaired) electrons. The number of ether oxygens (including phenoxy) is 1. The normalized spacial score (nSPS) is 12.8. The second kappa shape index (κ2) is 4.99. The summed E-state index contributed by atoms with van der Waals surface area (Å²) < 4.78 is 4.45. The fourth-order valence-electron chi connectivity index (χ4n) is 1.03. The van der Waals surface area contributed by atoms with E-state index in [0.717, 1.165) is 6.42 Å². The number of carbonyl (C=O) groups is 1. The van der Waals surface area contributed by atoms with Gasteiger partial charge in [0.25, 0.3) is 0 Å². The van der Waals surface area contributed by atoms with Gasteiger partial charge in [-0.05, 0) is 19.3 Å². The van der Waals surface area contributed by atoms with Crippen LogP contribution in [0.4, 0.5) is 4.79 Å². The molecule has 0 spiro atoms. The zero-order valence-corrected chi connectivity index (χ0v) is 7.68. The lowest BCUT2D eigenvalue weighted by atomic mass is 10.1. The molecule has 0 aliphatic rings. The van der Waals surface area contributed by atoms with Crippen LogP contribution in [0.2, 0.25) is 0 Å². The Bertz CT molecular complexity index is 123. The van der Waals surface area contributed by atoms with E-state index in [2.05, 4.69) is 23.9 Å². The molecular weight excluding hydrogens is 142 g/mol. The number of carbonyl (C=O) groups excluding carboxylic acids is 1. The van der Waals surface area contributed by atoms with Crippen molar-refractivity contribution in [3.8, 4) is 0 Å². The van der Waals surface area contributed by atoms with E-state index in [0.29, 0.717) is 5.92 Å². The molecule has 0 unspecified atom stereocenters. The maximum Gasteiger partial charge on any atom is 0.407 e. The number of hydrogen-bond acceptors (Lipinski definition) is 2. The molecule has 11 heavy (non-hydrogen) atoms. The highest BCUT2D eigenvalue weighted by Gasteiger charge is 2.07. The van der Waals surface area contributed by atoms with Crippen molar-refractivity contribution in [3.63, 3.8) is 0 Å². The molecule has 0 saturated heterocycles. The van der Waals surface area contributed by atoms with Gasteiger partial charge >= 0.3 is 6.09 Å². The SMILES string of the molecule is COC(=O)N[C@@H](C)CC(C)C. The molecular formula is C8H17NO2. The Morgan fingerprint density at radius 1 is 1.45 bits per heavy atom. The molecule has 0 fully saturated rings. The minimum absolute atomic E-state index is 0.197. The van der Waals surface area contributed by atoms with E-state index in [1.807, 2.05) is 6.92 Å². The van der Waals surface area contributed by atoms with Gasteiger partial charge in [-0.2, -0.15) is 0 Å². The molecule has 1 atom stereocenters. The summed E-state index contributed by atoms with van der Waals surface area (Å²) in [6, 6.07) is 0.197. The summed E-state index contributed by atoms with van der Waals surface area (Å²) in [6.45, 7) is 6.21. The predicted molar refractivity (Wildman–Crippen MR) is 44.5 cm³/mol. The van der Waals surface area contributed by atoms with Crippen molar-refractivity contribution in [3.05, 3.63) is 0 Å². The molecule has 0 heterocycles. The van der Waals surface area contributed by atoms with Gasteiger partial charge in [-0.3, -0.25) is 0 Å². The monoisotopic (exact) mass is 159 g/mol. The van der Waals surface area contributed by atoms with Gasteiger partial charge in [-0.25, -0.2) is 4.79 Å². The first-order valence-electron chi connectivity index (χ1n) is 3.90. The topological polar surface area (TPSA) is 38.3 Å². The Labute approximate surface area is 68.1 Å². The van der Waals surface area contributed by atoms with Crippen LogP contribution in [0.1, 0.15) is 27.2 Å². The predicted octanol–water partition coefficient (Wildman–Crippen LogP) is 1.78. The van der Waals surface area contributed by atoms with Gasteiger partial charge < -0.3 is 10.1 Å². The van der Waals surface area contributed by atoms with Gasteiger partial charge in [0.15, 0.2) is 0 Å². The lowest BCUT2D eigenvalue weighted by Crippen LogP contribution is -2.33. The quantitative estimate of drug-likeness (QED) is 0.681. The van der Waals surface area contributed by atoms with Crippen LogP contribution in [-0.2, 0) is 4.74 Å². The summed E-state index contributed by atoms with van der Waals surface area (Å²) in [5.41, 5.74) is 0. The molecule has 0 aromatic rings. The largest absolute Gasteiger partial charge is 0.453 e. The molecule has 0 rings (SSSR count). The third-order valence-electron chi connectivity index (χ3n) is 1.37. The van der Waals surface area contributed by atoms with Gasteiger partial charge in [0.1, 0.15) is 0 Å². The van der Waals surface area contributed by atoms with Crippen LogP contribution in [0.3, 0.4) is 0 Å². The molecule has 1 amide bonds. The van der Waals surface area contributed by atoms with Gasteiger partial charge in [0.2, 0.25) is 0 Å². The number of hydrogen-bond donors (Lipinski definition) is 1. The second-order valence-corrected chi connectivity index (χ2v) is 3.17. The van der Waals surface area contributed by atoms with Crippen LogP contribution in [0.15, 0.2) is 0 Å². The number of amides is 1. The molecule has 0 aromatic heterocycles. The van der Waals surface area contributed by atoms with E-state index in [1.54, 1.807) is 0 Å². The number of alkyl carbamates (subject to hydrolysis) is 1. The molecule has 0 saturated carbocycles. The summed E-state index contributed by atoms with van der Waals surface area (Å²) in [6.07, 6.45) is 0.632. The van der Waals surface area contributed by atoms with Crippen molar-refractivity contribution in [2.45, 2.75) is 33.2 Å². The van der Waals surface area contributed by atoms with Gasteiger partial charge in [-0.1, -0.05) is 13.8 Å². The highest BCUT2D eigenvalue weighted by Crippen LogP contribution is 2.03. The maximum absolute atomic E-state index is 10.7. The molecule has 0 aromatic carbocycles. The average Bonchev–Trinajstić information content (AvgIpc) is 1.85. The molecule has 0 bridgehead atoms. The second-order valence-electron chi connectivity index (χ2n) is 3.17. The molecule has 66 valence electrons. The average molecular weight is 159 g/mol. The molecule has 1 N–H and O–H groups in total. The summed E-state index contributed by atoms with van der Waals surface area (Å²) in [5, 5.41) is 2.70. The third kappa shape index (κ3) is 5.70. The lowest BCUT2D eigenvalue weighted by molar-refractivity contribution is 0.166. The van der Waals surface area contributed by atoms with Crippen LogP contribution in [0.5, 0.6) is 0 Å². The fraction of sp³-hybridized carbons (Fsp3) is 0.875. The lowest BCUT2D eigenvalue weighted by Gasteiger charge is -2.14. The van der Waals surface area contributed by atoms with Gasteiger partial charge in [-0.15, -0.1) is 0 Å². The number of nitrogens with one attached hydrogen (secondary N) is 1. The van der Waals surface area contributed by atoms with Crippen molar-refractivity contribution in [2.24, 2.45) is 5.92 Å². The van der Waals surface area contributed by atoms with E-state index >= 15 is 0 Å². The summed E-state index contributed by atoms with van der Waals surface area (Å²) >= 11 is 0. The summed E-state index contributed by atoms with van der Waals surface area (Å²) in [4.78, 5) is 10.7. The Morgan fingerprint density at radius 2 is 2.00 bits per heavy atom. The Kier molecular flexibility index (Phi) is 4.66. The van der Waals surface area contributed by atoms with Gasteiger partial charge in [0.05, 0.1) is 7.11 Å². The summed E-state index contributed by atoms with van der Waals surface area (Å²) in [7, 11) is 1.37. The van der Waals surface area contributed by atoms with E-state index in [-0.39, 0.29) is 12.1 Å². The Balaban J connectivity index is 3.51. The van der Waals surface area contributed by atoms with E-state index < -0.39 is 0 Å². The van der Waals surface area contributed by atoms with Crippen LogP contribution >= 0.6 is 0 Å². The summed E-state index contributed by atoms with van der Waals surface area (Å²) in [5.74, 6) is 0.599. The first-order valence-corrected chi connectivity index (χ1v) is 3.90. The molecule has 0 aliphatic carbocycles. The van der Waals surface area contributed by atoms with E-state index in [1.165, 1.54) is 7.11 Å². The number of methoxy groups -OCH3 is 1. The number of rotatable bonds is 3. The minimum Gasteiger partial charge on any atom is -0.453 e. The maximum atomic E-state index is 10.7. The standard InChI is InChI=1S/C8H17NO2/c1-6(2)5-7(3)9-8(10)11-4/h6-7H,5H2,1-4H3,(H,9,10)/t7-/m0/s1. The first kappa shape index (κ1) is 10.3. The van der Waals surface area contributed by atoms with Crippen molar-refractivity contribution in [2.75, 3.05) is 7.11 Å². The minimum atomic E-state index is -0.349. The molecule has 0 aliphatic heterocycles. The van der Waals surface area contributed by atoms with Crippen molar-refractivity contribution in [1.82, 2.24) is 5.32 Å². The zero-order valence-electron chi connectivity index (χ0n) is 7.68. The zero-order chi connectivity index (χ0) is 8.85. The van der Waals surface area contributed by atoms with Crippen LogP contribution in [-0.4, -0.2) is 19.2 Å². The van der Waals surface area contributed by atoms with Gasteiger partial charge in [0, 0.05) is 6.04 Å². The highest BCUT2D eigenvalue weighted by atomic mass is 16.5. The van der Waals surface area contributed by atoms with Crippen LogP contribution < -0.4 is 5.32 Å². The van der Waals surface area contributed by atoms with Crippen LogP contribution in [0.25, 0.3) is 0 Å². The Morgan fingerprint density at radius 3 is 2.36 bits per heavy atom. The van der Waals surface area contributed by atoms with Crippen molar-refractivity contribution in [1.29, 1.82) is 0 Å². The van der Waals surface area contributed by atoms with Crippen molar-refractivity contribution < 1.29 is 9.53 Å². The third-order valence-corrected chi connectivity index (χ3v) is 1.37. The first-order chi connectivity index (χ1) is 5.06. The fourth-order valence-corrected chi connectivity index (χ4v) is 1.03. The molecule has 3 nitrogen and oxygen atoms in total. The van der Waals surface area contributed by atoms with Crippen molar-refractivity contribution >= 4 is 6.09 Å². The smallest absolute Gasteiger partial charge is 0.407 e. The van der Waals surface area contributed by atoms with Crippen LogP contribution in [0, 0.1) is 5.92 Å².